The quantitative estimate of drug-likeness (QED) is 0.447. The van der Waals surface area contributed by atoms with Gasteiger partial charge in [0.25, 0.3) is 0 Å². The maximum absolute atomic E-state index is 13.8. The van der Waals surface area contributed by atoms with Crippen molar-refractivity contribution in [3.63, 3.8) is 0 Å². The summed E-state index contributed by atoms with van der Waals surface area (Å²) in [6, 6.07) is 11.5. The minimum atomic E-state index is -3.88. The SMILES string of the molecule is CCOc1ccccc1N(CC(=O)N(Cc1ccc(F)cc1)[C@@H](CC)C(=O)NC1CCCC1)S(C)(=O)=O. The van der Waals surface area contributed by atoms with Crippen molar-refractivity contribution < 1.29 is 27.1 Å². The van der Waals surface area contributed by atoms with E-state index in [1.165, 1.54) is 17.0 Å². The summed E-state index contributed by atoms with van der Waals surface area (Å²) in [5, 5.41) is 3.06. The van der Waals surface area contributed by atoms with E-state index in [1.54, 1.807) is 43.3 Å². The van der Waals surface area contributed by atoms with Crippen LogP contribution in [0.15, 0.2) is 48.5 Å². The second-order valence-electron chi connectivity index (χ2n) is 9.23. The molecule has 1 aliphatic carbocycles. The molecule has 0 heterocycles. The molecule has 10 heteroatoms. The Morgan fingerprint density at radius 2 is 1.73 bits per heavy atom. The first-order valence-corrected chi connectivity index (χ1v) is 14.5. The van der Waals surface area contributed by atoms with Gasteiger partial charge in [0.15, 0.2) is 0 Å². The predicted octanol–water partition coefficient (Wildman–Crippen LogP) is 3.86. The highest BCUT2D eigenvalue weighted by molar-refractivity contribution is 7.92. The van der Waals surface area contributed by atoms with Gasteiger partial charge in [-0.05, 0) is 56.0 Å². The third-order valence-electron chi connectivity index (χ3n) is 6.47. The van der Waals surface area contributed by atoms with Crippen molar-refractivity contribution in [1.82, 2.24) is 10.2 Å². The van der Waals surface area contributed by atoms with Crippen LogP contribution in [-0.4, -0.2) is 56.6 Å². The summed E-state index contributed by atoms with van der Waals surface area (Å²) in [6.07, 6.45) is 5.23. The Kier molecular flexibility index (Phi) is 9.91. The molecule has 2 amide bonds. The predicted molar refractivity (Wildman–Crippen MR) is 141 cm³/mol. The molecule has 37 heavy (non-hydrogen) atoms. The minimum absolute atomic E-state index is 0.0282. The molecule has 2 aromatic carbocycles. The van der Waals surface area contributed by atoms with Crippen LogP contribution < -0.4 is 14.4 Å². The van der Waals surface area contributed by atoms with Gasteiger partial charge in [-0.25, -0.2) is 12.8 Å². The van der Waals surface area contributed by atoms with E-state index in [4.69, 9.17) is 4.74 Å². The van der Waals surface area contributed by atoms with Crippen molar-refractivity contribution in [2.75, 3.05) is 23.7 Å². The lowest BCUT2D eigenvalue weighted by Crippen LogP contribution is -2.53. The van der Waals surface area contributed by atoms with Crippen LogP contribution in [0, 0.1) is 5.82 Å². The third-order valence-corrected chi connectivity index (χ3v) is 7.59. The standard InChI is InChI=1S/C27H36FN3O5S/c1-4-23(27(33)29-22-10-6-7-11-22)30(18-20-14-16-21(28)17-15-20)26(32)19-31(37(3,34)35)24-12-8-9-13-25(24)36-5-2/h8-9,12-17,22-23H,4-7,10-11,18-19H2,1-3H3,(H,29,33)/t23-/m0/s1. The fourth-order valence-corrected chi connectivity index (χ4v) is 5.46. The Morgan fingerprint density at radius 1 is 1.08 bits per heavy atom. The Labute approximate surface area is 218 Å². The molecule has 1 fully saturated rings. The molecule has 0 aromatic heterocycles. The molecule has 0 unspecified atom stereocenters. The van der Waals surface area contributed by atoms with E-state index in [0.717, 1.165) is 36.2 Å². The summed E-state index contributed by atoms with van der Waals surface area (Å²) < 4.78 is 45.8. The maximum Gasteiger partial charge on any atom is 0.244 e. The van der Waals surface area contributed by atoms with Crippen LogP contribution in [0.3, 0.4) is 0 Å². The number of para-hydroxylation sites is 2. The number of carbonyl (C=O) groups is 2. The average Bonchev–Trinajstić information content (AvgIpc) is 3.36. The monoisotopic (exact) mass is 533 g/mol. The molecule has 0 radical (unpaired) electrons. The summed E-state index contributed by atoms with van der Waals surface area (Å²) in [5.41, 5.74) is 0.868. The first-order chi connectivity index (χ1) is 17.6. The zero-order valence-electron chi connectivity index (χ0n) is 21.7. The number of carbonyl (C=O) groups excluding carboxylic acids is 2. The highest BCUT2D eigenvalue weighted by atomic mass is 32.2. The summed E-state index contributed by atoms with van der Waals surface area (Å²) >= 11 is 0. The molecule has 1 saturated carbocycles. The van der Waals surface area contributed by atoms with Crippen LogP contribution in [0.2, 0.25) is 0 Å². The fraction of sp³-hybridized carbons (Fsp3) is 0.481. The Bertz CT molecular complexity index is 1170. The molecular formula is C27H36FN3O5S. The lowest BCUT2D eigenvalue weighted by molar-refractivity contribution is -0.140. The molecule has 0 aliphatic heterocycles. The van der Waals surface area contributed by atoms with Crippen LogP contribution in [0.4, 0.5) is 10.1 Å². The number of nitrogens with zero attached hydrogens (tertiary/aromatic N) is 2. The van der Waals surface area contributed by atoms with E-state index in [-0.39, 0.29) is 24.2 Å². The number of sulfonamides is 1. The number of anilines is 1. The molecular weight excluding hydrogens is 497 g/mol. The second-order valence-corrected chi connectivity index (χ2v) is 11.1. The fourth-order valence-electron chi connectivity index (χ4n) is 4.61. The lowest BCUT2D eigenvalue weighted by Gasteiger charge is -2.33. The van der Waals surface area contributed by atoms with Gasteiger partial charge in [0.1, 0.15) is 24.2 Å². The molecule has 8 nitrogen and oxygen atoms in total. The van der Waals surface area contributed by atoms with Gasteiger partial charge in [0, 0.05) is 12.6 Å². The maximum atomic E-state index is 13.8. The number of hydrogen-bond donors (Lipinski definition) is 1. The number of rotatable bonds is 12. The molecule has 1 N–H and O–H groups in total. The molecule has 0 saturated heterocycles. The number of ether oxygens (including phenoxy) is 1. The van der Waals surface area contributed by atoms with Crippen molar-refractivity contribution in [2.45, 2.75) is 64.6 Å². The summed E-state index contributed by atoms with van der Waals surface area (Å²) in [4.78, 5) is 28.5. The zero-order valence-corrected chi connectivity index (χ0v) is 22.5. The number of nitrogens with one attached hydrogen (secondary N) is 1. The summed E-state index contributed by atoms with van der Waals surface area (Å²) in [5.74, 6) is -0.900. The first-order valence-electron chi connectivity index (χ1n) is 12.7. The van der Waals surface area contributed by atoms with Gasteiger partial charge < -0.3 is 15.0 Å². The van der Waals surface area contributed by atoms with Crippen molar-refractivity contribution >= 4 is 27.5 Å². The van der Waals surface area contributed by atoms with Crippen molar-refractivity contribution in [3.05, 3.63) is 59.9 Å². The van der Waals surface area contributed by atoms with Crippen LogP contribution in [-0.2, 0) is 26.2 Å². The van der Waals surface area contributed by atoms with Gasteiger partial charge in [-0.1, -0.05) is 44.0 Å². The first kappa shape index (κ1) is 28.4. The van der Waals surface area contributed by atoms with Gasteiger partial charge in [0.2, 0.25) is 21.8 Å². The van der Waals surface area contributed by atoms with E-state index >= 15 is 0 Å². The van der Waals surface area contributed by atoms with E-state index < -0.39 is 34.3 Å². The summed E-state index contributed by atoms with van der Waals surface area (Å²) in [6.45, 7) is 3.42. The van der Waals surface area contributed by atoms with E-state index in [2.05, 4.69) is 5.32 Å². The van der Waals surface area contributed by atoms with Crippen molar-refractivity contribution in [3.8, 4) is 5.75 Å². The average molecular weight is 534 g/mol. The molecule has 202 valence electrons. The smallest absolute Gasteiger partial charge is 0.244 e. The Balaban J connectivity index is 1.94. The highest BCUT2D eigenvalue weighted by Gasteiger charge is 2.33. The number of benzene rings is 2. The molecule has 1 atom stereocenters. The van der Waals surface area contributed by atoms with Crippen LogP contribution in [0.5, 0.6) is 5.75 Å². The van der Waals surface area contributed by atoms with E-state index in [0.29, 0.717) is 24.3 Å². The Morgan fingerprint density at radius 3 is 2.32 bits per heavy atom. The van der Waals surface area contributed by atoms with Crippen molar-refractivity contribution in [1.29, 1.82) is 0 Å². The molecule has 3 rings (SSSR count). The van der Waals surface area contributed by atoms with E-state index in [9.17, 15) is 22.4 Å². The van der Waals surface area contributed by atoms with Crippen LogP contribution in [0.1, 0.15) is 51.5 Å². The molecule has 1 aliphatic rings. The van der Waals surface area contributed by atoms with Gasteiger partial charge in [0.05, 0.1) is 18.6 Å². The summed E-state index contributed by atoms with van der Waals surface area (Å²) in [7, 11) is -3.88. The highest BCUT2D eigenvalue weighted by Crippen LogP contribution is 2.30. The Hall–Kier alpha value is -3.14. The third kappa shape index (κ3) is 7.67. The normalized spacial score (nSPS) is 14.7. The van der Waals surface area contributed by atoms with E-state index in [1.807, 2.05) is 6.92 Å². The van der Waals surface area contributed by atoms with Gasteiger partial charge in [-0.15, -0.1) is 0 Å². The zero-order chi connectivity index (χ0) is 27.0. The second kappa shape index (κ2) is 12.9. The van der Waals surface area contributed by atoms with Crippen molar-refractivity contribution in [2.24, 2.45) is 0 Å². The van der Waals surface area contributed by atoms with Gasteiger partial charge in [-0.3, -0.25) is 13.9 Å². The molecule has 0 bridgehead atoms. The largest absolute Gasteiger partial charge is 0.492 e. The molecule has 2 aromatic rings. The minimum Gasteiger partial charge on any atom is -0.492 e. The van der Waals surface area contributed by atoms with Gasteiger partial charge in [-0.2, -0.15) is 0 Å². The topological polar surface area (TPSA) is 96.0 Å². The van der Waals surface area contributed by atoms with Crippen LogP contribution >= 0.6 is 0 Å². The number of halogens is 1. The lowest BCUT2D eigenvalue weighted by atomic mass is 10.1. The van der Waals surface area contributed by atoms with Gasteiger partial charge >= 0.3 is 0 Å². The van der Waals surface area contributed by atoms with Crippen LogP contribution in [0.25, 0.3) is 0 Å². The number of amides is 2. The number of hydrogen-bond acceptors (Lipinski definition) is 5. The molecule has 0 spiro atoms.